The predicted molar refractivity (Wildman–Crippen MR) is 82.6 cm³/mol. The highest BCUT2D eigenvalue weighted by Gasteiger charge is 2.25. The van der Waals surface area contributed by atoms with Gasteiger partial charge in [0.2, 0.25) is 0 Å². The van der Waals surface area contributed by atoms with Gasteiger partial charge in [-0.15, -0.1) is 6.58 Å². The standard InChI is InChI=1S/C17H23NO3/c1-3-12-21-13-14-8-10-18(11-9-14)17(19)15-6-4-5-7-16(15)20-2/h3-7,14H,1,8-13H2,2H3. The third kappa shape index (κ3) is 4.08. The van der Waals surface area contributed by atoms with Gasteiger partial charge >= 0.3 is 0 Å². The molecule has 2 rings (SSSR count). The number of piperidine rings is 1. The molecule has 1 saturated heterocycles. The van der Waals surface area contributed by atoms with Gasteiger partial charge < -0.3 is 14.4 Å². The number of likely N-dealkylation sites (tertiary alicyclic amines) is 1. The van der Waals surface area contributed by atoms with Crippen molar-refractivity contribution < 1.29 is 14.3 Å². The molecule has 0 aromatic heterocycles. The van der Waals surface area contributed by atoms with Crippen molar-refractivity contribution in [2.24, 2.45) is 5.92 Å². The molecule has 21 heavy (non-hydrogen) atoms. The fourth-order valence-electron chi connectivity index (χ4n) is 2.61. The van der Waals surface area contributed by atoms with Gasteiger partial charge in [0, 0.05) is 19.7 Å². The highest BCUT2D eigenvalue weighted by Crippen LogP contribution is 2.23. The average molecular weight is 289 g/mol. The molecule has 0 aliphatic carbocycles. The second-order valence-corrected chi connectivity index (χ2v) is 5.26. The van der Waals surface area contributed by atoms with Gasteiger partial charge in [-0.3, -0.25) is 4.79 Å². The highest BCUT2D eigenvalue weighted by molar-refractivity contribution is 5.97. The molecule has 1 heterocycles. The smallest absolute Gasteiger partial charge is 0.257 e. The fraction of sp³-hybridized carbons (Fsp3) is 0.471. The monoisotopic (exact) mass is 289 g/mol. The molecule has 0 radical (unpaired) electrons. The Bertz CT molecular complexity index is 479. The van der Waals surface area contributed by atoms with Crippen LogP contribution in [-0.4, -0.2) is 44.2 Å². The number of carbonyl (C=O) groups is 1. The molecule has 0 unspecified atom stereocenters. The molecule has 4 heteroatoms. The zero-order valence-corrected chi connectivity index (χ0v) is 12.6. The first kappa shape index (κ1) is 15.6. The number of rotatable bonds is 6. The van der Waals surface area contributed by atoms with Gasteiger partial charge in [0.25, 0.3) is 5.91 Å². The van der Waals surface area contributed by atoms with E-state index in [4.69, 9.17) is 9.47 Å². The zero-order chi connectivity index (χ0) is 15.1. The van der Waals surface area contributed by atoms with E-state index in [1.54, 1.807) is 13.2 Å². The van der Waals surface area contributed by atoms with Crippen LogP contribution in [0.2, 0.25) is 0 Å². The Hall–Kier alpha value is -1.81. The van der Waals surface area contributed by atoms with Gasteiger partial charge in [-0.1, -0.05) is 18.2 Å². The zero-order valence-electron chi connectivity index (χ0n) is 12.6. The van der Waals surface area contributed by atoms with Crippen LogP contribution in [-0.2, 0) is 4.74 Å². The molecule has 1 aliphatic rings. The molecule has 114 valence electrons. The summed E-state index contributed by atoms with van der Waals surface area (Å²) in [6.07, 6.45) is 3.73. The summed E-state index contributed by atoms with van der Waals surface area (Å²) >= 11 is 0. The van der Waals surface area contributed by atoms with Crippen LogP contribution in [0.1, 0.15) is 23.2 Å². The first-order valence-electron chi connectivity index (χ1n) is 7.37. The van der Waals surface area contributed by atoms with Crippen LogP contribution in [0.3, 0.4) is 0 Å². The van der Waals surface area contributed by atoms with Crippen LogP contribution in [0.4, 0.5) is 0 Å². The Kier molecular flexibility index (Phi) is 5.81. The summed E-state index contributed by atoms with van der Waals surface area (Å²) in [6.45, 7) is 6.54. The van der Waals surface area contributed by atoms with Crippen LogP contribution in [0.25, 0.3) is 0 Å². The van der Waals surface area contributed by atoms with Crippen molar-refractivity contribution in [2.45, 2.75) is 12.8 Å². The molecule has 0 bridgehead atoms. The molecule has 4 nitrogen and oxygen atoms in total. The normalized spacial score (nSPS) is 15.8. The van der Waals surface area contributed by atoms with E-state index in [-0.39, 0.29) is 5.91 Å². The molecule has 0 N–H and O–H groups in total. The summed E-state index contributed by atoms with van der Waals surface area (Å²) in [5.74, 6) is 1.23. The van der Waals surface area contributed by atoms with Gasteiger partial charge in [0.15, 0.2) is 0 Å². The number of amides is 1. The second-order valence-electron chi connectivity index (χ2n) is 5.26. The Balaban J connectivity index is 1.89. The van der Waals surface area contributed by atoms with Crippen LogP contribution in [0, 0.1) is 5.92 Å². The van der Waals surface area contributed by atoms with E-state index in [1.807, 2.05) is 29.2 Å². The summed E-state index contributed by atoms with van der Waals surface area (Å²) in [6, 6.07) is 7.38. The molecule has 0 saturated carbocycles. The highest BCUT2D eigenvalue weighted by atomic mass is 16.5. The topological polar surface area (TPSA) is 38.8 Å². The number of hydrogen-bond donors (Lipinski definition) is 0. The van der Waals surface area contributed by atoms with Gasteiger partial charge in [-0.25, -0.2) is 0 Å². The van der Waals surface area contributed by atoms with Crippen LogP contribution < -0.4 is 4.74 Å². The lowest BCUT2D eigenvalue weighted by Crippen LogP contribution is -2.39. The Morgan fingerprint density at radius 1 is 1.38 bits per heavy atom. The first-order chi connectivity index (χ1) is 10.3. The number of ether oxygens (including phenoxy) is 2. The molecule has 1 aromatic carbocycles. The Morgan fingerprint density at radius 2 is 2.10 bits per heavy atom. The Morgan fingerprint density at radius 3 is 2.76 bits per heavy atom. The summed E-state index contributed by atoms with van der Waals surface area (Å²) in [5, 5.41) is 0. The fourth-order valence-corrected chi connectivity index (χ4v) is 2.61. The molecule has 0 spiro atoms. The molecule has 1 amide bonds. The summed E-state index contributed by atoms with van der Waals surface area (Å²) in [5.41, 5.74) is 0.640. The molecular weight excluding hydrogens is 266 g/mol. The van der Waals surface area contributed by atoms with Crippen molar-refractivity contribution in [1.82, 2.24) is 4.90 Å². The minimum atomic E-state index is 0.0536. The number of carbonyl (C=O) groups excluding carboxylic acids is 1. The lowest BCUT2D eigenvalue weighted by molar-refractivity contribution is 0.0573. The quantitative estimate of drug-likeness (QED) is 0.597. The van der Waals surface area contributed by atoms with Gasteiger partial charge in [-0.05, 0) is 30.9 Å². The van der Waals surface area contributed by atoms with Crippen molar-refractivity contribution in [3.8, 4) is 5.75 Å². The third-order valence-corrected chi connectivity index (χ3v) is 3.83. The number of benzene rings is 1. The van der Waals surface area contributed by atoms with Crippen molar-refractivity contribution in [3.63, 3.8) is 0 Å². The molecule has 0 atom stereocenters. The average Bonchev–Trinajstić information content (AvgIpc) is 2.55. The first-order valence-corrected chi connectivity index (χ1v) is 7.37. The maximum Gasteiger partial charge on any atom is 0.257 e. The lowest BCUT2D eigenvalue weighted by Gasteiger charge is -2.32. The minimum absolute atomic E-state index is 0.0536. The number of hydrogen-bond acceptors (Lipinski definition) is 3. The Labute approximate surface area is 126 Å². The SMILES string of the molecule is C=CCOCC1CCN(C(=O)c2ccccc2OC)CC1. The van der Waals surface area contributed by atoms with Crippen molar-refractivity contribution >= 4 is 5.91 Å². The van der Waals surface area contributed by atoms with E-state index < -0.39 is 0 Å². The summed E-state index contributed by atoms with van der Waals surface area (Å²) < 4.78 is 10.8. The predicted octanol–water partition coefficient (Wildman–Crippen LogP) is 2.75. The van der Waals surface area contributed by atoms with Crippen LogP contribution in [0.15, 0.2) is 36.9 Å². The summed E-state index contributed by atoms with van der Waals surface area (Å²) in [7, 11) is 1.59. The van der Waals surface area contributed by atoms with Crippen molar-refractivity contribution in [3.05, 3.63) is 42.5 Å². The lowest BCUT2D eigenvalue weighted by atomic mass is 9.97. The van der Waals surface area contributed by atoms with E-state index in [1.165, 1.54) is 0 Å². The number of methoxy groups -OCH3 is 1. The third-order valence-electron chi connectivity index (χ3n) is 3.83. The van der Waals surface area contributed by atoms with E-state index >= 15 is 0 Å². The largest absolute Gasteiger partial charge is 0.496 e. The number of para-hydroxylation sites is 1. The van der Waals surface area contributed by atoms with E-state index in [0.717, 1.165) is 32.5 Å². The van der Waals surface area contributed by atoms with Crippen LogP contribution in [0.5, 0.6) is 5.75 Å². The van der Waals surface area contributed by atoms with E-state index in [9.17, 15) is 4.79 Å². The second kappa shape index (κ2) is 7.84. The van der Waals surface area contributed by atoms with Gasteiger partial charge in [0.1, 0.15) is 5.75 Å². The molecule has 1 aliphatic heterocycles. The molecule has 1 fully saturated rings. The maximum atomic E-state index is 12.5. The minimum Gasteiger partial charge on any atom is -0.496 e. The van der Waals surface area contributed by atoms with E-state index in [2.05, 4.69) is 6.58 Å². The van der Waals surface area contributed by atoms with Crippen LogP contribution >= 0.6 is 0 Å². The molecule has 1 aromatic rings. The maximum absolute atomic E-state index is 12.5. The van der Waals surface area contributed by atoms with Gasteiger partial charge in [0.05, 0.1) is 19.3 Å². The number of nitrogens with zero attached hydrogens (tertiary/aromatic N) is 1. The van der Waals surface area contributed by atoms with Crippen molar-refractivity contribution in [1.29, 1.82) is 0 Å². The summed E-state index contributed by atoms with van der Waals surface area (Å²) in [4.78, 5) is 14.5. The van der Waals surface area contributed by atoms with Crippen molar-refractivity contribution in [2.75, 3.05) is 33.4 Å². The molecular formula is C17H23NO3. The van der Waals surface area contributed by atoms with E-state index in [0.29, 0.717) is 23.8 Å². The van der Waals surface area contributed by atoms with Gasteiger partial charge in [-0.2, -0.15) is 0 Å².